The summed E-state index contributed by atoms with van der Waals surface area (Å²) < 4.78 is 0. The molecule has 23 heavy (non-hydrogen) atoms. The quantitative estimate of drug-likeness (QED) is 0.756. The van der Waals surface area contributed by atoms with Gasteiger partial charge in [0.2, 0.25) is 0 Å². The zero-order chi connectivity index (χ0) is 16.2. The topological polar surface area (TPSA) is 66.9 Å². The fourth-order valence-corrected chi connectivity index (χ4v) is 2.64. The average Bonchev–Trinajstić information content (AvgIpc) is 3.07. The minimum absolute atomic E-state index is 0.177. The Morgan fingerprint density at radius 3 is 2.43 bits per heavy atom. The Kier molecular flexibility index (Phi) is 4.34. The van der Waals surface area contributed by atoms with E-state index in [0.717, 1.165) is 5.69 Å². The first-order valence-corrected chi connectivity index (χ1v) is 8.02. The maximum atomic E-state index is 11.9. The number of amides is 1. The number of rotatable bonds is 4. The molecule has 1 amide bonds. The SMILES string of the molecule is Cc1ccc(Nc2ccc(NC(=O)c3cccs3)nn2)cc1C. The molecule has 0 radical (unpaired) electrons. The van der Waals surface area contributed by atoms with Gasteiger partial charge in [-0.15, -0.1) is 21.5 Å². The highest BCUT2D eigenvalue weighted by Crippen LogP contribution is 2.18. The standard InChI is InChI=1S/C17H16N4OS/c1-11-5-6-13(10-12(11)2)18-15-7-8-16(21-20-15)19-17(22)14-4-3-9-23-14/h3-10H,1-2H3,(H,18,20)(H,19,21,22). The van der Waals surface area contributed by atoms with E-state index < -0.39 is 0 Å². The van der Waals surface area contributed by atoms with Gasteiger partial charge >= 0.3 is 0 Å². The maximum absolute atomic E-state index is 11.9. The first kappa shape index (κ1) is 15.2. The van der Waals surface area contributed by atoms with E-state index in [4.69, 9.17) is 0 Å². The summed E-state index contributed by atoms with van der Waals surface area (Å²) in [6.45, 7) is 4.14. The van der Waals surface area contributed by atoms with Crippen molar-refractivity contribution in [3.8, 4) is 0 Å². The maximum Gasteiger partial charge on any atom is 0.266 e. The Hall–Kier alpha value is -2.73. The highest BCUT2D eigenvalue weighted by Gasteiger charge is 2.08. The molecule has 0 fully saturated rings. The molecular weight excluding hydrogens is 308 g/mol. The van der Waals surface area contributed by atoms with Gasteiger partial charge in [-0.25, -0.2) is 0 Å². The third-order valence-corrected chi connectivity index (χ3v) is 4.30. The normalized spacial score (nSPS) is 10.3. The second kappa shape index (κ2) is 6.58. The van der Waals surface area contributed by atoms with Crippen LogP contribution in [0.15, 0.2) is 47.8 Å². The molecule has 0 bridgehead atoms. The van der Waals surface area contributed by atoms with Crippen molar-refractivity contribution in [2.45, 2.75) is 13.8 Å². The van der Waals surface area contributed by atoms with Crippen molar-refractivity contribution in [2.24, 2.45) is 0 Å². The molecule has 3 aromatic rings. The van der Waals surface area contributed by atoms with Crippen molar-refractivity contribution in [3.63, 3.8) is 0 Å². The first-order chi connectivity index (χ1) is 11.1. The lowest BCUT2D eigenvalue weighted by atomic mass is 10.1. The summed E-state index contributed by atoms with van der Waals surface area (Å²) in [5.41, 5.74) is 3.41. The van der Waals surface area contributed by atoms with E-state index in [1.165, 1.54) is 22.5 Å². The van der Waals surface area contributed by atoms with Gasteiger partial charge in [-0.2, -0.15) is 0 Å². The number of carbonyl (C=O) groups excluding carboxylic acids is 1. The smallest absolute Gasteiger partial charge is 0.266 e. The highest BCUT2D eigenvalue weighted by atomic mass is 32.1. The largest absolute Gasteiger partial charge is 0.339 e. The molecule has 0 aliphatic rings. The molecule has 6 heteroatoms. The van der Waals surface area contributed by atoms with Crippen molar-refractivity contribution in [1.29, 1.82) is 0 Å². The van der Waals surface area contributed by atoms with Crippen LogP contribution in [0.2, 0.25) is 0 Å². The number of anilines is 3. The van der Waals surface area contributed by atoms with Crippen LogP contribution in [-0.2, 0) is 0 Å². The Morgan fingerprint density at radius 2 is 1.78 bits per heavy atom. The lowest BCUT2D eigenvalue weighted by Crippen LogP contribution is -2.12. The highest BCUT2D eigenvalue weighted by molar-refractivity contribution is 7.12. The Balaban J connectivity index is 1.67. The van der Waals surface area contributed by atoms with Gasteiger partial charge in [0.1, 0.15) is 0 Å². The number of thiophene rings is 1. The van der Waals surface area contributed by atoms with Crippen LogP contribution in [0.1, 0.15) is 20.8 Å². The van der Waals surface area contributed by atoms with E-state index in [9.17, 15) is 4.79 Å². The molecule has 0 aliphatic carbocycles. The second-order valence-electron chi connectivity index (χ2n) is 5.16. The number of nitrogens with zero attached hydrogens (tertiary/aromatic N) is 2. The molecule has 3 rings (SSSR count). The molecule has 1 aromatic carbocycles. The number of carbonyl (C=O) groups is 1. The molecule has 2 heterocycles. The molecule has 0 unspecified atom stereocenters. The zero-order valence-electron chi connectivity index (χ0n) is 12.8. The summed E-state index contributed by atoms with van der Waals surface area (Å²) >= 11 is 1.39. The molecule has 0 aliphatic heterocycles. The second-order valence-corrected chi connectivity index (χ2v) is 6.11. The summed E-state index contributed by atoms with van der Waals surface area (Å²) in [5.74, 6) is 0.876. The van der Waals surface area contributed by atoms with Gasteiger partial charge in [0.15, 0.2) is 11.6 Å². The molecule has 2 aromatic heterocycles. The van der Waals surface area contributed by atoms with E-state index >= 15 is 0 Å². The monoisotopic (exact) mass is 324 g/mol. The van der Waals surface area contributed by atoms with Crippen LogP contribution in [0, 0.1) is 13.8 Å². The number of benzene rings is 1. The number of hydrogen-bond donors (Lipinski definition) is 2. The van der Waals surface area contributed by atoms with Gasteiger partial charge in [0.25, 0.3) is 5.91 Å². The molecule has 0 saturated carbocycles. The molecule has 5 nitrogen and oxygen atoms in total. The van der Waals surface area contributed by atoms with Crippen molar-refractivity contribution in [1.82, 2.24) is 10.2 Å². The van der Waals surface area contributed by atoms with Crippen LogP contribution in [-0.4, -0.2) is 16.1 Å². The summed E-state index contributed by atoms with van der Waals surface area (Å²) in [6, 6.07) is 13.2. The van der Waals surface area contributed by atoms with Gasteiger partial charge in [0.05, 0.1) is 4.88 Å². The van der Waals surface area contributed by atoms with Crippen molar-refractivity contribution >= 4 is 34.6 Å². The van der Waals surface area contributed by atoms with Crippen LogP contribution < -0.4 is 10.6 Å². The Morgan fingerprint density at radius 1 is 1.00 bits per heavy atom. The third kappa shape index (κ3) is 3.73. The number of hydrogen-bond acceptors (Lipinski definition) is 5. The predicted octanol–water partition coefficient (Wildman–Crippen LogP) is 4.15. The minimum atomic E-state index is -0.177. The van der Waals surface area contributed by atoms with E-state index in [1.54, 1.807) is 18.2 Å². The van der Waals surface area contributed by atoms with Crippen LogP contribution in [0.3, 0.4) is 0 Å². The molecule has 0 atom stereocenters. The number of aromatic nitrogens is 2. The van der Waals surface area contributed by atoms with E-state index in [1.807, 2.05) is 17.5 Å². The van der Waals surface area contributed by atoms with E-state index in [2.05, 4.69) is 46.8 Å². The van der Waals surface area contributed by atoms with Gasteiger partial charge in [-0.05, 0) is 60.7 Å². The fourth-order valence-electron chi connectivity index (χ4n) is 2.02. The van der Waals surface area contributed by atoms with Crippen LogP contribution in [0.5, 0.6) is 0 Å². The predicted molar refractivity (Wildman–Crippen MR) is 93.5 cm³/mol. The lowest BCUT2D eigenvalue weighted by Gasteiger charge is -2.08. The van der Waals surface area contributed by atoms with Gasteiger partial charge < -0.3 is 10.6 Å². The lowest BCUT2D eigenvalue weighted by molar-refractivity contribution is 0.103. The summed E-state index contributed by atoms with van der Waals surface area (Å²) in [7, 11) is 0. The molecule has 0 saturated heterocycles. The average molecular weight is 324 g/mol. The number of aryl methyl sites for hydroxylation is 2. The fraction of sp³-hybridized carbons (Fsp3) is 0.118. The first-order valence-electron chi connectivity index (χ1n) is 7.15. The third-order valence-electron chi connectivity index (χ3n) is 3.43. The van der Waals surface area contributed by atoms with Gasteiger partial charge in [-0.3, -0.25) is 4.79 Å². The van der Waals surface area contributed by atoms with Crippen molar-refractivity contribution in [2.75, 3.05) is 10.6 Å². The summed E-state index contributed by atoms with van der Waals surface area (Å²) in [4.78, 5) is 12.6. The summed E-state index contributed by atoms with van der Waals surface area (Å²) in [5, 5.41) is 15.9. The van der Waals surface area contributed by atoms with Gasteiger partial charge in [0, 0.05) is 5.69 Å². The minimum Gasteiger partial charge on any atom is -0.339 e. The van der Waals surface area contributed by atoms with Crippen LogP contribution in [0.4, 0.5) is 17.3 Å². The molecule has 0 spiro atoms. The summed E-state index contributed by atoms with van der Waals surface area (Å²) in [6.07, 6.45) is 0. The Bertz CT molecular complexity index is 813. The molecular formula is C17H16N4OS. The van der Waals surface area contributed by atoms with Crippen molar-refractivity contribution in [3.05, 3.63) is 63.8 Å². The Labute approximate surface area is 138 Å². The van der Waals surface area contributed by atoms with Crippen molar-refractivity contribution < 1.29 is 4.79 Å². The van der Waals surface area contributed by atoms with E-state index in [0.29, 0.717) is 16.5 Å². The molecule has 116 valence electrons. The molecule has 2 N–H and O–H groups in total. The zero-order valence-corrected chi connectivity index (χ0v) is 13.6. The van der Waals surface area contributed by atoms with E-state index in [-0.39, 0.29) is 5.91 Å². The van der Waals surface area contributed by atoms with Gasteiger partial charge in [-0.1, -0.05) is 12.1 Å². The van der Waals surface area contributed by atoms with Crippen LogP contribution >= 0.6 is 11.3 Å². The number of nitrogens with one attached hydrogen (secondary N) is 2. The van der Waals surface area contributed by atoms with Crippen LogP contribution in [0.25, 0.3) is 0 Å².